The van der Waals surface area contributed by atoms with Gasteiger partial charge in [-0.25, -0.2) is 9.38 Å². The van der Waals surface area contributed by atoms with E-state index in [1.807, 2.05) is 4.57 Å². The van der Waals surface area contributed by atoms with E-state index >= 15 is 0 Å². The van der Waals surface area contributed by atoms with Crippen LogP contribution in [0.4, 0.5) is 0 Å². The van der Waals surface area contributed by atoms with Crippen molar-refractivity contribution >= 4 is 16.9 Å². The van der Waals surface area contributed by atoms with Crippen LogP contribution in [0.2, 0.25) is 0 Å². The molecule has 0 aromatic carbocycles. The van der Waals surface area contributed by atoms with Gasteiger partial charge in [-0.1, -0.05) is 19.8 Å². The number of aryl methyl sites for hydroxylation is 1. The molecule has 0 saturated heterocycles. The monoisotopic (exact) mass is 275 g/mol. The first-order chi connectivity index (χ1) is 9.77. The van der Waals surface area contributed by atoms with Crippen LogP contribution in [0.25, 0.3) is 16.9 Å². The summed E-state index contributed by atoms with van der Waals surface area (Å²) in [6, 6.07) is 0. The Kier molecular flexibility index (Phi) is 3.23. The molecule has 0 atom stereocenters. The summed E-state index contributed by atoms with van der Waals surface area (Å²) in [7, 11) is 0. The average molecular weight is 275 g/mol. The van der Waals surface area contributed by atoms with E-state index < -0.39 is 0 Å². The minimum atomic E-state index is -0.204. The molecule has 0 bridgehead atoms. The van der Waals surface area contributed by atoms with E-state index in [0.29, 0.717) is 22.8 Å². The molecular formula is C12H17N7O. The Balaban J connectivity index is 2.28. The predicted octanol–water partition coefficient (Wildman–Crippen LogP) is 0.416. The van der Waals surface area contributed by atoms with Crippen molar-refractivity contribution in [2.45, 2.75) is 39.3 Å². The summed E-state index contributed by atoms with van der Waals surface area (Å²) in [6.45, 7) is 3.07. The van der Waals surface area contributed by atoms with Crippen molar-refractivity contribution in [2.24, 2.45) is 5.73 Å². The van der Waals surface area contributed by atoms with Crippen molar-refractivity contribution in [3.8, 4) is 0 Å². The molecule has 3 rings (SSSR count). The highest BCUT2D eigenvalue weighted by atomic mass is 16.1. The van der Waals surface area contributed by atoms with Crippen LogP contribution in [0.3, 0.4) is 0 Å². The first kappa shape index (κ1) is 12.8. The maximum atomic E-state index is 12.4. The maximum Gasteiger partial charge on any atom is 0.286 e. The Labute approximate surface area is 114 Å². The summed E-state index contributed by atoms with van der Waals surface area (Å²) in [5.41, 5.74) is 6.50. The van der Waals surface area contributed by atoms with Gasteiger partial charge in [-0.3, -0.25) is 9.36 Å². The van der Waals surface area contributed by atoms with Gasteiger partial charge in [0, 0.05) is 6.54 Å². The van der Waals surface area contributed by atoms with Crippen LogP contribution in [0.15, 0.2) is 11.1 Å². The summed E-state index contributed by atoms with van der Waals surface area (Å²) in [5.74, 6) is 0.969. The van der Waals surface area contributed by atoms with Gasteiger partial charge in [0.1, 0.15) is 5.52 Å². The predicted molar refractivity (Wildman–Crippen MR) is 74.3 cm³/mol. The van der Waals surface area contributed by atoms with E-state index in [9.17, 15) is 4.79 Å². The molecule has 3 heterocycles. The standard InChI is InChI=1S/C12H17N7O/c1-2-3-4-5-18-10-9(14-7-15-10)11(20)19-8(6-13)16-17-12(18)19/h7H,2-6,13H2,1H3,(H,14,15). The van der Waals surface area contributed by atoms with E-state index in [4.69, 9.17) is 5.73 Å². The van der Waals surface area contributed by atoms with Crippen LogP contribution in [0.1, 0.15) is 32.0 Å². The van der Waals surface area contributed by atoms with Crippen LogP contribution < -0.4 is 11.3 Å². The molecule has 0 saturated carbocycles. The highest BCUT2D eigenvalue weighted by Crippen LogP contribution is 2.12. The van der Waals surface area contributed by atoms with E-state index in [1.54, 1.807) is 0 Å². The number of nitrogens with zero attached hydrogens (tertiary/aromatic N) is 5. The van der Waals surface area contributed by atoms with Gasteiger partial charge in [0.25, 0.3) is 5.56 Å². The first-order valence-corrected chi connectivity index (χ1v) is 6.77. The van der Waals surface area contributed by atoms with Crippen molar-refractivity contribution < 1.29 is 0 Å². The first-order valence-electron chi connectivity index (χ1n) is 6.77. The Bertz CT molecular complexity index is 797. The molecule has 20 heavy (non-hydrogen) atoms. The largest absolute Gasteiger partial charge is 0.339 e. The van der Waals surface area contributed by atoms with Crippen LogP contribution in [0, 0.1) is 0 Å². The number of nitrogens with one attached hydrogen (secondary N) is 1. The van der Waals surface area contributed by atoms with Crippen molar-refractivity contribution in [3.63, 3.8) is 0 Å². The second kappa shape index (κ2) is 5.04. The lowest BCUT2D eigenvalue weighted by Crippen LogP contribution is -2.22. The van der Waals surface area contributed by atoms with Gasteiger partial charge in [0.15, 0.2) is 11.5 Å². The molecule has 0 fully saturated rings. The fourth-order valence-electron chi connectivity index (χ4n) is 2.40. The van der Waals surface area contributed by atoms with Crippen LogP contribution in [-0.4, -0.2) is 29.1 Å². The minimum absolute atomic E-state index is 0.172. The molecule has 0 spiro atoms. The zero-order valence-electron chi connectivity index (χ0n) is 11.3. The number of imidazole rings is 1. The molecule has 0 aliphatic rings. The molecular weight excluding hydrogens is 258 g/mol. The number of hydrogen-bond donors (Lipinski definition) is 2. The van der Waals surface area contributed by atoms with Gasteiger partial charge >= 0.3 is 0 Å². The number of aromatic nitrogens is 6. The van der Waals surface area contributed by atoms with E-state index in [2.05, 4.69) is 27.1 Å². The van der Waals surface area contributed by atoms with Crippen molar-refractivity contribution in [1.29, 1.82) is 0 Å². The van der Waals surface area contributed by atoms with Gasteiger partial charge in [-0.2, -0.15) is 0 Å². The zero-order chi connectivity index (χ0) is 14.1. The highest BCUT2D eigenvalue weighted by Gasteiger charge is 2.17. The quantitative estimate of drug-likeness (QED) is 0.656. The summed E-state index contributed by atoms with van der Waals surface area (Å²) >= 11 is 0. The summed E-state index contributed by atoms with van der Waals surface area (Å²) in [6.07, 6.45) is 4.77. The van der Waals surface area contributed by atoms with Gasteiger partial charge in [0.2, 0.25) is 5.78 Å². The third-order valence-corrected chi connectivity index (χ3v) is 3.41. The van der Waals surface area contributed by atoms with Gasteiger partial charge < -0.3 is 10.7 Å². The number of unbranched alkanes of at least 4 members (excludes halogenated alkanes) is 2. The molecule has 3 aromatic rings. The summed E-state index contributed by atoms with van der Waals surface area (Å²) in [4.78, 5) is 19.5. The lowest BCUT2D eigenvalue weighted by molar-refractivity contribution is 0.612. The molecule has 3 aromatic heterocycles. The lowest BCUT2D eigenvalue weighted by Gasteiger charge is -2.08. The van der Waals surface area contributed by atoms with Gasteiger partial charge in [-0.15, -0.1) is 10.2 Å². The van der Waals surface area contributed by atoms with Crippen molar-refractivity contribution in [3.05, 3.63) is 22.5 Å². The number of hydrogen-bond acceptors (Lipinski definition) is 5. The van der Waals surface area contributed by atoms with Crippen LogP contribution >= 0.6 is 0 Å². The molecule has 0 radical (unpaired) electrons. The summed E-state index contributed by atoms with van der Waals surface area (Å²) in [5, 5.41) is 8.09. The fraction of sp³-hybridized carbons (Fsp3) is 0.500. The van der Waals surface area contributed by atoms with E-state index in [0.717, 1.165) is 25.8 Å². The average Bonchev–Trinajstić information content (AvgIpc) is 3.09. The fourth-order valence-corrected chi connectivity index (χ4v) is 2.40. The molecule has 0 amide bonds. The van der Waals surface area contributed by atoms with Crippen molar-refractivity contribution in [2.75, 3.05) is 0 Å². The minimum Gasteiger partial charge on any atom is -0.339 e. The molecule has 8 nitrogen and oxygen atoms in total. The molecule has 3 N–H and O–H groups in total. The molecule has 8 heteroatoms. The number of rotatable bonds is 5. The van der Waals surface area contributed by atoms with Gasteiger partial charge in [0.05, 0.1) is 12.9 Å². The lowest BCUT2D eigenvalue weighted by atomic mass is 10.2. The third-order valence-electron chi connectivity index (χ3n) is 3.41. The molecule has 106 valence electrons. The Hall–Kier alpha value is -2.22. The Morgan fingerprint density at radius 2 is 2.20 bits per heavy atom. The Morgan fingerprint density at radius 1 is 1.35 bits per heavy atom. The Morgan fingerprint density at radius 3 is 2.95 bits per heavy atom. The topological polar surface area (TPSA) is 107 Å². The summed E-state index contributed by atoms with van der Waals surface area (Å²) < 4.78 is 3.39. The van der Waals surface area contributed by atoms with Crippen LogP contribution in [0.5, 0.6) is 0 Å². The zero-order valence-corrected chi connectivity index (χ0v) is 11.3. The molecule has 0 unspecified atom stereocenters. The number of fused-ring (bicyclic) bond motifs is 2. The molecule has 0 aliphatic carbocycles. The third kappa shape index (κ3) is 1.80. The van der Waals surface area contributed by atoms with E-state index in [1.165, 1.54) is 10.7 Å². The second-order valence-electron chi connectivity index (χ2n) is 4.72. The normalized spacial score (nSPS) is 11.7. The smallest absolute Gasteiger partial charge is 0.286 e. The number of aromatic amines is 1. The second-order valence-corrected chi connectivity index (χ2v) is 4.72. The van der Waals surface area contributed by atoms with Crippen LogP contribution in [-0.2, 0) is 13.1 Å². The highest BCUT2D eigenvalue weighted by molar-refractivity contribution is 5.72. The maximum absolute atomic E-state index is 12.4. The molecule has 0 aliphatic heterocycles. The number of H-pyrrole nitrogens is 1. The van der Waals surface area contributed by atoms with E-state index in [-0.39, 0.29) is 12.1 Å². The van der Waals surface area contributed by atoms with Gasteiger partial charge in [-0.05, 0) is 6.42 Å². The SMILES string of the molecule is CCCCCn1c2nc[nH]c2c(=O)n2c(CN)nnc12. The number of nitrogens with two attached hydrogens (primary N) is 1. The van der Waals surface area contributed by atoms with Crippen molar-refractivity contribution in [1.82, 2.24) is 29.1 Å².